The minimum absolute atomic E-state index is 0.0991. The summed E-state index contributed by atoms with van der Waals surface area (Å²) in [5.41, 5.74) is -0.528. The molecule has 2 rings (SSSR count). The van der Waals surface area contributed by atoms with Crippen molar-refractivity contribution in [1.29, 1.82) is 0 Å². The smallest absolute Gasteiger partial charge is 0.410 e. The maximum Gasteiger partial charge on any atom is 0.410 e. The zero-order valence-electron chi connectivity index (χ0n) is 12.9. The van der Waals surface area contributed by atoms with E-state index in [0.717, 1.165) is 18.8 Å². The number of nitrogens with zero attached hydrogens (tertiary/aromatic N) is 3. The highest BCUT2D eigenvalue weighted by atomic mass is 32.2. The maximum atomic E-state index is 12.7. The van der Waals surface area contributed by atoms with Crippen LogP contribution in [0.5, 0.6) is 0 Å². The fraction of sp³-hybridized carbons (Fsp3) is 0.643. The summed E-state index contributed by atoms with van der Waals surface area (Å²) in [4.78, 5) is 21.0. The van der Waals surface area contributed by atoms with Crippen LogP contribution in [-0.4, -0.2) is 49.6 Å². The summed E-state index contributed by atoms with van der Waals surface area (Å²) in [7, 11) is -1.40. The Morgan fingerprint density at radius 2 is 2.09 bits per heavy atom. The molecule has 1 aromatic rings. The van der Waals surface area contributed by atoms with Crippen LogP contribution >= 0.6 is 0 Å². The van der Waals surface area contributed by atoms with Crippen LogP contribution in [0.3, 0.4) is 0 Å². The molecule has 0 N–H and O–H groups in total. The SMILES string of the molecule is CC(C)(C)OC(=O)N1CC[C@H](C[S@](=O)c2ncc(F)cn2)C1. The zero-order chi connectivity index (χ0) is 16.3. The molecule has 22 heavy (non-hydrogen) atoms. The first-order chi connectivity index (χ1) is 10.2. The van der Waals surface area contributed by atoms with Crippen molar-refractivity contribution in [3.8, 4) is 0 Å². The number of halogens is 1. The average Bonchev–Trinajstić information content (AvgIpc) is 2.86. The molecule has 1 aromatic heterocycles. The third-order valence-corrected chi connectivity index (χ3v) is 4.52. The van der Waals surface area contributed by atoms with Crippen molar-refractivity contribution in [3.05, 3.63) is 18.2 Å². The third-order valence-electron chi connectivity index (χ3n) is 3.12. The van der Waals surface area contributed by atoms with E-state index in [4.69, 9.17) is 4.74 Å². The molecule has 122 valence electrons. The molecular weight excluding hydrogens is 309 g/mol. The van der Waals surface area contributed by atoms with E-state index in [-0.39, 0.29) is 17.2 Å². The Labute approximate surface area is 131 Å². The van der Waals surface area contributed by atoms with Crippen molar-refractivity contribution in [3.63, 3.8) is 0 Å². The molecule has 1 aliphatic heterocycles. The van der Waals surface area contributed by atoms with Crippen LogP contribution < -0.4 is 0 Å². The van der Waals surface area contributed by atoms with E-state index in [2.05, 4.69) is 9.97 Å². The summed E-state index contributed by atoms with van der Waals surface area (Å²) >= 11 is 0. The standard InChI is InChI=1S/C14H20FN3O3S/c1-14(2,3)21-13(19)18-5-4-10(8-18)9-22(20)12-16-6-11(15)7-17-12/h6-7,10H,4-5,8-9H2,1-3H3/t10-,22-/m0/s1. The van der Waals surface area contributed by atoms with Gasteiger partial charge in [0, 0.05) is 18.8 Å². The summed E-state index contributed by atoms with van der Waals surface area (Å²) in [6.45, 7) is 6.54. The molecule has 6 nitrogen and oxygen atoms in total. The molecule has 1 amide bonds. The number of hydrogen-bond acceptors (Lipinski definition) is 5. The van der Waals surface area contributed by atoms with Gasteiger partial charge in [0.2, 0.25) is 5.16 Å². The quantitative estimate of drug-likeness (QED) is 0.793. The molecule has 1 aliphatic rings. The number of aromatic nitrogens is 2. The van der Waals surface area contributed by atoms with Gasteiger partial charge >= 0.3 is 6.09 Å². The predicted octanol–water partition coefficient (Wildman–Crippen LogP) is 1.98. The van der Waals surface area contributed by atoms with Gasteiger partial charge in [0.25, 0.3) is 0 Å². The second-order valence-electron chi connectivity index (χ2n) is 6.28. The van der Waals surface area contributed by atoms with Gasteiger partial charge < -0.3 is 9.64 Å². The van der Waals surface area contributed by atoms with Crippen molar-refractivity contribution in [2.75, 3.05) is 18.8 Å². The number of carbonyl (C=O) groups excluding carboxylic acids is 1. The Bertz CT molecular complexity index is 559. The van der Waals surface area contributed by atoms with Crippen LogP contribution in [0.4, 0.5) is 9.18 Å². The molecule has 1 saturated heterocycles. The van der Waals surface area contributed by atoms with Crippen LogP contribution in [-0.2, 0) is 15.5 Å². The van der Waals surface area contributed by atoms with Crippen molar-refractivity contribution in [2.45, 2.75) is 37.9 Å². The summed E-state index contributed by atoms with van der Waals surface area (Å²) in [5.74, 6) is -0.106. The summed E-state index contributed by atoms with van der Waals surface area (Å²) in [6.07, 6.45) is 2.41. The lowest BCUT2D eigenvalue weighted by molar-refractivity contribution is 0.0289. The first kappa shape index (κ1) is 16.8. The van der Waals surface area contributed by atoms with Gasteiger partial charge in [-0.05, 0) is 33.1 Å². The molecule has 8 heteroatoms. The summed E-state index contributed by atoms with van der Waals surface area (Å²) in [6, 6.07) is 0. The molecule has 0 unspecified atom stereocenters. The van der Waals surface area contributed by atoms with Crippen molar-refractivity contribution in [1.82, 2.24) is 14.9 Å². The molecule has 2 atom stereocenters. The number of carbonyl (C=O) groups is 1. The van der Waals surface area contributed by atoms with Crippen LogP contribution in [0.25, 0.3) is 0 Å². The van der Waals surface area contributed by atoms with Crippen molar-refractivity contribution < 1.29 is 18.1 Å². The van der Waals surface area contributed by atoms with Crippen molar-refractivity contribution >= 4 is 16.9 Å². The molecular formula is C14H20FN3O3S. The van der Waals surface area contributed by atoms with Gasteiger partial charge in [0.15, 0.2) is 5.82 Å². The Balaban J connectivity index is 1.87. The van der Waals surface area contributed by atoms with Crippen LogP contribution in [0.2, 0.25) is 0 Å². The second-order valence-corrected chi connectivity index (χ2v) is 7.67. The highest BCUT2D eigenvalue weighted by Crippen LogP contribution is 2.21. The molecule has 0 aromatic carbocycles. The molecule has 0 bridgehead atoms. The van der Waals surface area contributed by atoms with Gasteiger partial charge in [-0.2, -0.15) is 0 Å². The number of rotatable bonds is 3. The largest absolute Gasteiger partial charge is 0.444 e. The van der Waals surface area contributed by atoms with Crippen LogP contribution in [0, 0.1) is 11.7 Å². The van der Waals surface area contributed by atoms with Gasteiger partial charge in [-0.15, -0.1) is 0 Å². The van der Waals surface area contributed by atoms with Gasteiger partial charge in [-0.3, -0.25) is 4.21 Å². The molecule has 2 heterocycles. The van der Waals surface area contributed by atoms with Gasteiger partial charge in [-0.1, -0.05) is 0 Å². The first-order valence-corrected chi connectivity index (χ1v) is 8.40. The Hall–Kier alpha value is -1.57. The molecule has 0 saturated carbocycles. The Kier molecular flexibility index (Phi) is 5.10. The van der Waals surface area contributed by atoms with E-state index >= 15 is 0 Å². The molecule has 0 radical (unpaired) electrons. The van der Waals surface area contributed by atoms with Crippen LogP contribution in [0.1, 0.15) is 27.2 Å². The van der Waals surface area contributed by atoms with Crippen LogP contribution in [0.15, 0.2) is 17.6 Å². The van der Waals surface area contributed by atoms with Gasteiger partial charge in [-0.25, -0.2) is 19.2 Å². The Morgan fingerprint density at radius 3 is 2.68 bits per heavy atom. The fourth-order valence-electron chi connectivity index (χ4n) is 2.17. The van der Waals surface area contributed by atoms with E-state index in [9.17, 15) is 13.4 Å². The van der Waals surface area contributed by atoms with E-state index < -0.39 is 22.2 Å². The summed E-state index contributed by atoms with van der Waals surface area (Å²) < 4.78 is 30.2. The normalized spacial score (nSPS) is 20.0. The lowest BCUT2D eigenvalue weighted by atomic mass is 10.2. The van der Waals surface area contributed by atoms with E-state index in [1.165, 1.54) is 0 Å². The molecule has 0 spiro atoms. The second kappa shape index (κ2) is 6.68. The first-order valence-electron chi connectivity index (χ1n) is 7.08. The third kappa shape index (κ3) is 4.72. The van der Waals surface area contributed by atoms with Gasteiger partial charge in [0.05, 0.1) is 23.2 Å². The lowest BCUT2D eigenvalue weighted by Gasteiger charge is -2.24. The number of likely N-dealkylation sites (tertiary alicyclic amines) is 1. The lowest BCUT2D eigenvalue weighted by Crippen LogP contribution is -2.35. The zero-order valence-corrected chi connectivity index (χ0v) is 13.7. The van der Waals surface area contributed by atoms with Crippen molar-refractivity contribution in [2.24, 2.45) is 5.92 Å². The number of ether oxygens (including phenoxy) is 1. The van der Waals surface area contributed by atoms with Gasteiger partial charge in [0.1, 0.15) is 5.60 Å². The fourth-order valence-corrected chi connectivity index (χ4v) is 3.36. The number of amides is 1. The monoisotopic (exact) mass is 329 g/mol. The van der Waals surface area contributed by atoms with E-state index in [1.54, 1.807) is 4.90 Å². The van der Waals surface area contributed by atoms with E-state index in [0.29, 0.717) is 18.8 Å². The molecule has 1 fully saturated rings. The highest BCUT2D eigenvalue weighted by molar-refractivity contribution is 7.84. The topological polar surface area (TPSA) is 72.4 Å². The Morgan fingerprint density at radius 1 is 1.45 bits per heavy atom. The summed E-state index contributed by atoms with van der Waals surface area (Å²) in [5, 5.41) is 0.122. The number of hydrogen-bond donors (Lipinski definition) is 0. The molecule has 0 aliphatic carbocycles. The highest BCUT2D eigenvalue weighted by Gasteiger charge is 2.31. The predicted molar refractivity (Wildman–Crippen MR) is 79.2 cm³/mol. The minimum atomic E-state index is -1.40. The average molecular weight is 329 g/mol. The van der Waals surface area contributed by atoms with E-state index in [1.807, 2.05) is 20.8 Å². The maximum absolute atomic E-state index is 12.7. The minimum Gasteiger partial charge on any atom is -0.444 e.